The van der Waals surface area contributed by atoms with Crippen LogP contribution in [-0.4, -0.2) is 24.1 Å². The van der Waals surface area contributed by atoms with Crippen LogP contribution in [0.15, 0.2) is 30.5 Å². The summed E-state index contributed by atoms with van der Waals surface area (Å²) in [4.78, 5) is 4.32. The number of hydrogen-bond acceptors (Lipinski definition) is 3. The zero-order valence-electron chi connectivity index (χ0n) is 11.1. The first-order valence-corrected chi connectivity index (χ1v) is 6.65. The predicted octanol–water partition coefficient (Wildman–Crippen LogP) is 3.13. The van der Waals surface area contributed by atoms with E-state index in [0.717, 1.165) is 18.8 Å². The van der Waals surface area contributed by atoms with E-state index in [2.05, 4.69) is 46.8 Å². The predicted molar refractivity (Wildman–Crippen MR) is 83.2 cm³/mol. The molecule has 0 unspecified atom stereocenters. The van der Waals surface area contributed by atoms with Crippen molar-refractivity contribution in [2.24, 2.45) is 0 Å². The molecule has 3 rings (SSSR count). The van der Waals surface area contributed by atoms with Gasteiger partial charge in [0.05, 0.1) is 0 Å². The van der Waals surface area contributed by atoms with E-state index in [-0.39, 0.29) is 12.4 Å². The standard InChI is InChI=1S/C15H19N3.ClH/c1-11-15-3-2-14(10-12(15)4-9-17-11)18-13-5-7-16-8-6-13;/h2-4,9-10,13,16,18H,5-8H2,1H3;1H. The van der Waals surface area contributed by atoms with Gasteiger partial charge in [-0.1, -0.05) is 6.07 Å². The van der Waals surface area contributed by atoms with E-state index >= 15 is 0 Å². The molecule has 1 fully saturated rings. The fourth-order valence-corrected chi connectivity index (χ4v) is 2.62. The number of piperidine rings is 1. The Labute approximate surface area is 120 Å². The van der Waals surface area contributed by atoms with Crippen LogP contribution in [0, 0.1) is 6.92 Å². The van der Waals surface area contributed by atoms with Crippen molar-refractivity contribution in [1.82, 2.24) is 10.3 Å². The zero-order valence-corrected chi connectivity index (χ0v) is 12.0. The van der Waals surface area contributed by atoms with Gasteiger partial charge in [0, 0.05) is 29.0 Å². The molecule has 3 nitrogen and oxygen atoms in total. The van der Waals surface area contributed by atoms with Crippen LogP contribution in [0.3, 0.4) is 0 Å². The molecule has 1 aliphatic rings. The van der Waals surface area contributed by atoms with Gasteiger partial charge in [-0.3, -0.25) is 4.98 Å². The van der Waals surface area contributed by atoms with E-state index in [1.54, 1.807) is 0 Å². The molecule has 2 heterocycles. The Morgan fingerprint density at radius 2 is 2.00 bits per heavy atom. The summed E-state index contributed by atoms with van der Waals surface area (Å²) in [6, 6.07) is 9.24. The molecule has 0 amide bonds. The summed E-state index contributed by atoms with van der Waals surface area (Å²) in [5.74, 6) is 0. The lowest BCUT2D eigenvalue weighted by Crippen LogP contribution is -2.35. The summed E-state index contributed by atoms with van der Waals surface area (Å²) in [6.07, 6.45) is 4.28. The fourth-order valence-electron chi connectivity index (χ4n) is 2.62. The number of nitrogens with zero attached hydrogens (tertiary/aromatic N) is 1. The molecule has 0 bridgehead atoms. The van der Waals surface area contributed by atoms with E-state index in [0.29, 0.717) is 6.04 Å². The first-order chi connectivity index (χ1) is 8.83. The third kappa shape index (κ3) is 3.17. The highest BCUT2D eigenvalue weighted by molar-refractivity contribution is 5.87. The van der Waals surface area contributed by atoms with Gasteiger partial charge in [0.15, 0.2) is 0 Å². The van der Waals surface area contributed by atoms with Crippen LogP contribution in [0.25, 0.3) is 10.8 Å². The molecule has 2 aromatic rings. The van der Waals surface area contributed by atoms with Crippen molar-refractivity contribution in [3.8, 4) is 0 Å². The summed E-state index contributed by atoms with van der Waals surface area (Å²) in [7, 11) is 0. The first-order valence-electron chi connectivity index (χ1n) is 6.65. The van der Waals surface area contributed by atoms with E-state index in [1.807, 2.05) is 6.20 Å². The summed E-state index contributed by atoms with van der Waals surface area (Å²) in [5.41, 5.74) is 2.32. The maximum absolute atomic E-state index is 4.32. The molecule has 1 aliphatic heterocycles. The number of fused-ring (bicyclic) bond motifs is 1. The zero-order chi connectivity index (χ0) is 12.4. The van der Waals surface area contributed by atoms with Crippen molar-refractivity contribution < 1.29 is 0 Å². The van der Waals surface area contributed by atoms with Crippen LogP contribution in [0.4, 0.5) is 5.69 Å². The molecular formula is C15H20ClN3. The number of hydrogen-bond donors (Lipinski definition) is 2. The lowest BCUT2D eigenvalue weighted by Gasteiger charge is -2.24. The Bertz CT molecular complexity index is 550. The largest absolute Gasteiger partial charge is 0.382 e. The van der Waals surface area contributed by atoms with Crippen LogP contribution in [0.5, 0.6) is 0 Å². The number of benzene rings is 1. The number of pyridine rings is 1. The number of aryl methyl sites for hydroxylation is 1. The Hall–Kier alpha value is -1.32. The molecule has 0 radical (unpaired) electrons. The second-order valence-corrected chi connectivity index (χ2v) is 5.00. The van der Waals surface area contributed by atoms with Gasteiger partial charge < -0.3 is 10.6 Å². The van der Waals surface area contributed by atoms with Crippen molar-refractivity contribution in [2.45, 2.75) is 25.8 Å². The Balaban J connectivity index is 0.00000133. The van der Waals surface area contributed by atoms with Crippen molar-refractivity contribution in [3.05, 3.63) is 36.2 Å². The molecule has 1 aromatic heterocycles. The molecule has 1 aromatic carbocycles. The van der Waals surface area contributed by atoms with Crippen LogP contribution < -0.4 is 10.6 Å². The Kier molecular flexibility index (Phi) is 4.61. The number of rotatable bonds is 2. The minimum Gasteiger partial charge on any atom is -0.382 e. The van der Waals surface area contributed by atoms with Crippen LogP contribution in [0.1, 0.15) is 18.5 Å². The van der Waals surface area contributed by atoms with Gasteiger partial charge in [0.25, 0.3) is 0 Å². The summed E-state index contributed by atoms with van der Waals surface area (Å²) < 4.78 is 0. The van der Waals surface area contributed by atoms with Crippen molar-refractivity contribution >= 4 is 28.9 Å². The van der Waals surface area contributed by atoms with Crippen LogP contribution >= 0.6 is 12.4 Å². The molecule has 19 heavy (non-hydrogen) atoms. The second-order valence-electron chi connectivity index (χ2n) is 5.00. The van der Waals surface area contributed by atoms with Gasteiger partial charge in [0.1, 0.15) is 0 Å². The molecule has 0 atom stereocenters. The normalized spacial score (nSPS) is 16.1. The van der Waals surface area contributed by atoms with Crippen LogP contribution in [-0.2, 0) is 0 Å². The van der Waals surface area contributed by atoms with Gasteiger partial charge in [-0.2, -0.15) is 0 Å². The molecule has 2 N–H and O–H groups in total. The third-order valence-electron chi connectivity index (χ3n) is 3.67. The fraction of sp³-hybridized carbons (Fsp3) is 0.400. The van der Waals surface area contributed by atoms with Crippen molar-refractivity contribution in [2.75, 3.05) is 18.4 Å². The van der Waals surface area contributed by atoms with Gasteiger partial charge >= 0.3 is 0 Å². The maximum atomic E-state index is 4.32. The number of anilines is 1. The first kappa shape index (κ1) is 14.1. The molecule has 4 heteroatoms. The van der Waals surface area contributed by atoms with E-state index in [1.165, 1.54) is 29.3 Å². The quantitative estimate of drug-likeness (QED) is 0.886. The number of aromatic nitrogens is 1. The summed E-state index contributed by atoms with van der Waals surface area (Å²) in [5, 5.41) is 9.53. The average Bonchev–Trinajstić information content (AvgIpc) is 2.40. The molecular weight excluding hydrogens is 258 g/mol. The molecule has 0 aliphatic carbocycles. The van der Waals surface area contributed by atoms with Crippen molar-refractivity contribution in [1.29, 1.82) is 0 Å². The minimum atomic E-state index is 0. The topological polar surface area (TPSA) is 37.0 Å². The van der Waals surface area contributed by atoms with E-state index < -0.39 is 0 Å². The second kappa shape index (κ2) is 6.22. The lowest BCUT2D eigenvalue weighted by molar-refractivity contribution is 0.479. The molecule has 0 spiro atoms. The summed E-state index contributed by atoms with van der Waals surface area (Å²) in [6.45, 7) is 4.30. The van der Waals surface area contributed by atoms with E-state index in [9.17, 15) is 0 Å². The average molecular weight is 278 g/mol. The lowest BCUT2D eigenvalue weighted by atomic mass is 10.1. The number of halogens is 1. The summed E-state index contributed by atoms with van der Waals surface area (Å²) >= 11 is 0. The smallest absolute Gasteiger partial charge is 0.0450 e. The Morgan fingerprint density at radius 3 is 2.79 bits per heavy atom. The van der Waals surface area contributed by atoms with E-state index in [4.69, 9.17) is 0 Å². The highest BCUT2D eigenvalue weighted by Crippen LogP contribution is 2.22. The minimum absolute atomic E-state index is 0. The molecule has 1 saturated heterocycles. The maximum Gasteiger partial charge on any atom is 0.0450 e. The van der Waals surface area contributed by atoms with Gasteiger partial charge in [-0.15, -0.1) is 12.4 Å². The van der Waals surface area contributed by atoms with Crippen LogP contribution in [0.2, 0.25) is 0 Å². The van der Waals surface area contributed by atoms with Gasteiger partial charge in [-0.05, 0) is 56.4 Å². The Morgan fingerprint density at radius 1 is 1.21 bits per heavy atom. The van der Waals surface area contributed by atoms with Crippen molar-refractivity contribution in [3.63, 3.8) is 0 Å². The van der Waals surface area contributed by atoms with Gasteiger partial charge in [0.2, 0.25) is 0 Å². The highest BCUT2D eigenvalue weighted by Gasteiger charge is 2.12. The third-order valence-corrected chi connectivity index (χ3v) is 3.67. The van der Waals surface area contributed by atoms with Gasteiger partial charge in [-0.25, -0.2) is 0 Å². The monoisotopic (exact) mass is 277 g/mol. The SMILES string of the molecule is Cc1nccc2cc(NC3CCNCC3)ccc12.Cl. The highest BCUT2D eigenvalue weighted by atomic mass is 35.5. The number of nitrogens with one attached hydrogen (secondary N) is 2. The molecule has 102 valence electrons. The molecule has 0 saturated carbocycles.